The summed E-state index contributed by atoms with van der Waals surface area (Å²) >= 11 is 0. The number of carbonyl (C=O) groups is 1. The number of aromatic nitrogens is 2. The number of nitrogens with zero attached hydrogens (tertiary/aromatic N) is 3. The van der Waals surface area contributed by atoms with Crippen LogP contribution in [0.5, 0.6) is 6.01 Å². The van der Waals surface area contributed by atoms with E-state index in [1.54, 1.807) is 0 Å². The van der Waals surface area contributed by atoms with Crippen LogP contribution in [0.2, 0.25) is 0 Å². The molecule has 0 radical (unpaired) electrons. The smallest absolute Gasteiger partial charge is 0.297 e. The van der Waals surface area contributed by atoms with Gasteiger partial charge >= 0.3 is 0 Å². The number of likely N-dealkylation sites (tertiary alicyclic amines) is 1. The largest absolute Gasteiger partial charge is 0.465 e. The third kappa shape index (κ3) is 5.08. The molecule has 35 heavy (non-hydrogen) atoms. The Bertz CT molecular complexity index is 1210. The number of ether oxygens (including phenoxy) is 1. The summed E-state index contributed by atoms with van der Waals surface area (Å²) in [6, 6.07) is 14.2. The van der Waals surface area contributed by atoms with Crippen molar-refractivity contribution in [2.75, 3.05) is 31.6 Å². The molecule has 0 unspecified atom stereocenters. The lowest BCUT2D eigenvalue weighted by atomic mass is 10.0. The molecule has 1 aromatic heterocycles. The Morgan fingerprint density at radius 2 is 1.89 bits per heavy atom. The van der Waals surface area contributed by atoms with Gasteiger partial charge in [0.25, 0.3) is 6.01 Å². The predicted octanol–water partition coefficient (Wildman–Crippen LogP) is 5.39. The Hall–Kier alpha value is -2.86. The maximum atomic E-state index is 12.1. The molecule has 6 heteroatoms. The maximum Gasteiger partial charge on any atom is 0.297 e. The maximum absolute atomic E-state index is 12.1. The molecule has 1 aliphatic heterocycles. The number of benzene rings is 2. The molecule has 186 valence electrons. The first-order valence-corrected chi connectivity index (χ1v) is 13.2. The van der Waals surface area contributed by atoms with E-state index in [0.29, 0.717) is 18.6 Å². The van der Waals surface area contributed by atoms with Gasteiger partial charge in [-0.05, 0) is 86.4 Å². The van der Waals surface area contributed by atoms with Gasteiger partial charge in [-0.3, -0.25) is 9.36 Å². The molecule has 1 amide bonds. The average Bonchev–Trinajstić information content (AvgIpc) is 3.39. The topological polar surface area (TPSA) is 59.4 Å². The Morgan fingerprint density at radius 1 is 1.11 bits per heavy atom. The van der Waals surface area contributed by atoms with Crippen LogP contribution in [-0.4, -0.2) is 46.6 Å². The predicted molar refractivity (Wildman–Crippen MR) is 141 cm³/mol. The zero-order valence-electron chi connectivity index (χ0n) is 21.5. The molecule has 2 aromatic carbocycles. The highest BCUT2D eigenvalue weighted by atomic mass is 16.5. The van der Waals surface area contributed by atoms with E-state index < -0.39 is 0 Å². The number of imidazole rings is 1. The van der Waals surface area contributed by atoms with Gasteiger partial charge < -0.3 is 15.0 Å². The molecule has 3 aromatic rings. The van der Waals surface area contributed by atoms with Gasteiger partial charge in [-0.2, -0.15) is 4.98 Å². The first kappa shape index (κ1) is 23.9. The minimum atomic E-state index is -0.00651. The molecule has 0 spiro atoms. The van der Waals surface area contributed by atoms with Crippen molar-refractivity contribution in [3.63, 3.8) is 0 Å². The number of carbonyl (C=O) groups excluding carboxylic acids is 1. The number of hydrogen-bond donors (Lipinski definition) is 1. The third-order valence-electron chi connectivity index (χ3n) is 7.54. The van der Waals surface area contributed by atoms with Gasteiger partial charge in [-0.25, -0.2) is 0 Å². The molecule has 0 bridgehead atoms. The lowest BCUT2D eigenvalue weighted by molar-refractivity contribution is -0.118. The number of nitrogens with one attached hydrogen (secondary N) is 1. The van der Waals surface area contributed by atoms with Crippen molar-refractivity contribution in [3.8, 4) is 6.01 Å². The summed E-state index contributed by atoms with van der Waals surface area (Å²) in [6.45, 7) is 12.0. The number of fused-ring (bicyclic) bond motifs is 2. The van der Waals surface area contributed by atoms with E-state index >= 15 is 0 Å². The Morgan fingerprint density at radius 3 is 2.63 bits per heavy atom. The second-order valence-electron chi connectivity index (χ2n) is 10.6. The molecule has 1 saturated heterocycles. The second-order valence-corrected chi connectivity index (χ2v) is 10.6. The standard InChI is InChI=1S/C29H38N4O2/c1-5-35-29-31-26-14-20(4)6-9-27(26)33(29)25-10-12-32(13-11-25)18-21-15-22-7-8-24(17-23(22)16-21)30-28(34)19(2)3/h6-9,14,17,19,21,25H,5,10-13,15-16,18H2,1-4H3,(H,30,34)/t21-/m1/s1. The van der Waals surface area contributed by atoms with E-state index in [9.17, 15) is 4.79 Å². The van der Waals surface area contributed by atoms with Crippen LogP contribution in [0.1, 0.15) is 56.3 Å². The van der Waals surface area contributed by atoms with E-state index in [1.807, 2.05) is 20.8 Å². The van der Waals surface area contributed by atoms with Gasteiger partial charge in [0.2, 0.25) is 5.91 Å². The molecule has 1 N–H and O–H groups in total. The fourth-order valence-corrected chi connectivity index (χ4v) is 5.70. The highest BCUT2D eigenvalue weighted by molar-refractivity contribution is 5.92. The number of aryl methyl sites for hydroxylation is 1. The van der Waals surface area contributed by atoms with E-state index in [-0.39, 0.29) is 11.8 Å². The van der Waals surface area contributed by atoms with Gasteiger partial charge in [0, 0.05) is 37.3 Å². The summed E-state index contributed by atoms with van der Waals surface area (Å²) in [4.78, 5) is 19.5. The Labute approximate surface area is 208 Å². The SMILES string of the molecule is CCOc1nc2cc(C)ccc2n1C1CCN(C[C@@H]2Cc3ccc(NC(=O)C(C)C)cc3C2)CC1. The number of rotatable bonds is 7. The number of anilines is 1. The molecule has 6 nitrogen and oxygen atoms in total. The molecule has 1 fully saturated rings. The van der Waals surface area contributed by atoms with E-state index in [2.05, 4.69) is 58.1 Å². The van der Waals surface area contributed by atoms with E-state index in [0.717, 1.165) is 62.5 Å². The fourth-order valence-electron chi connectivity index (χ4n) is 5.70. The lowest BCUT2D eigenvalue weighted by Gasteiger charge is -2.34. The number of hydrogen-bond acceptors (Lipinski definition) is 4. The molecule has 5 rings (SSSR count). The third-order valence-corrected chi connectivity index (χ3v) is 7.54. The molecular weight excluding hydrogens is 436 g/mol. The Kier molecular flexibility index (Phi) is 6.83. The summed E-state index contributed by atoms with van der Waals surface area (Å²) in [6.07, 6.45) is 4.46. The van der Waals surface area contributed by atoms with Gasteiger partial charge in [0.05, 0.1) is 17.6 Å². The first-order valence-electron chi connectivity index (χ1n) is 13.2. The van der Waals surface area contributed by atoms with Crippen LogP contribution in [0.4, 0.5) is 5.69 Å². The van der Waals surface area contributed by atoms with Crippen molar-refractivity contribution < 1.29 is 9.53 Å². The molecule has 2 aliphatic rings. The minimum absolute atomic E-state index is 0.00651. The highest BCUT2D eigenvalue weighted by Gasteiger charge is 2.29. The first-order chi connectivity index (χ1) is 16.9. The van der Waals surface area contributed by atoms with Crippen LogP contribution < -0.4 is 10.1 Å². The van der Waals surface area contributed by atoms with Gasteiger partial charge in [-0.1, -0.05) is 26.0 Å². The lowest BCUT2D eigenvalue weighted by Crippen LogP contribution is -2.38. The normalized spacial score (nSPS) is 18.8. The van der Waals surface area contributed by atoms with Crippen molar-refractivity contribution in [3.05, 3.63) is 53.1 Å². The molecule has 1 atom stereocenters. The summed E-state index contributed by atoms with van der Waals surface area (Å²) in [5, 5.41) is 3.05. The van der Waals surface area contributed by atoms with Crippen molar-refractivity contribution in [2.45, 2.75) is 59.4 Å². The van der Waals surface area contributed by atoms with Crippen LogP contribution >= 0.6 is 0 Å². The van der Waals surface area contributed by atoms with Crippen molar-refractivity contribution in [2.24, 2.45) is 11.8 Å². The zero-order valence-corrected chi connectivity index (χ0v) is 21.5. The summed E-state index contributed by atoms with van der Waals surface area (Å²) in [5.74, 6) is 0.720. The molecular formula is C29H38N4O2. The summed E-state index contributed by atoms with van der Waals surface area (Å²) < 4.78 is 8.29. The van der Waals surface area contributed by atoms with E-state index in [4.69, 9.17) is 9.72 Å². The van der Waals surface area contributed by atoms with Crippen LogP contribution in [0.3, 0.4) is 0 Å². The summed E-state index contributed by atoms with van der Waals surface area (Å²) in [7, 11) is 0. The second kappa shape index (κ2) is 10.0. The number of piperidine rings is 1. The molecule has 1 aliphatic carbocycles. The fraction of sp³-hybridized carbons (Fsp3) is 0.517. The molecule has 0 saturated carbocycles. The van der Waals surface area contributed by atoms with Crippen LogP contribution in [0.25, 0.3) is 11.0 Å². The van der Waals surface area contributed by atoms with E-state index in [1.165, 1.54) is 22.2 Å². The summed E-state index contributed by atoms with van der Waals surface area (Å²) in [5.41, 5.74) is 7.21. The van der Waals surface area contributed by atoms with Crippen molar-refractivity contribution in [1.29, 1.82) is 0 Å². The quantitative estimate of drug-likeness (QED) is 0.499. The van der Waals surface area contributed by atoms with Gasteiger partial charge in [0.15, 0.2) is 0 Å². The monoisotopic (exact) mass is 474 g/mol. The minimum Gasteiger partial charge on any atom is -0.465 e. The average molecular weight is 475 g/mol. The van der Waals surface area contributed by atoms with Gasteiger partial charge in [0.1, 0.15) is 0 Å². The zero-order chi connectivity index (χ0) is 24.5. The molecule has 2 heterocycles. The van der Waals surface area contributed by atoms with Crippen LogP contribution in [-0.2, 0) is 17.6 Å². The van der Waals surface area contributed by atoms with Gasteiger partial charge in [-0.15, -0.1) is 0 Å². The number of amides is 1. The highest BCUT2D eigenvalue weighted by Crippen LogP contribution is 2.34. The van der Waals surface area contributed by atoms with Crippen LogP contribution in [0.15, 0.2) is 36.4 Å². The van der Waals surface area contributed by atoms with Crippen LogP contribution in [0, 0.1) is 18.8 Å². The Balaban J connectivity index is 1.20. The van der Waals surface area contributed by atoms with Crippen molar-refractivity contribution >= 4 is 22.6 Å². The van der Waals surface area contributed by atoms with Crippen molar-refractivity contribution in [1.82, 2.24) is 14.5 Å².